The summed E-state index contributed by atoms with van der Waals surface area (Å²) in [4.78, 5) is 25.6. The summed E-state index contributed by atoms with van der Waals surface area (Å²) in [7, 11) is 0. The van der Waals surface area contributed by atoms with Crippen molar-refractivity contribution in [2.45, 2.75) is 52.4 Å². The molecule has 1 aliphatic carbocycles. The van der Waals surface area contributed by atoms with Crippen LogP contribution in [0, 0.1) is 5.41 Å². The molecule has 5 nitrogen and oxygen atoms in total. The molecule has 0 aromatic carbocycles. The quantitative estimate of drug-likeness (QED) is 0.721. The fraction of sp³-hybridized carbons (Fsp3) is 0.450. The smallest absolute Gasteiger partial charge is 0.331 e. The second kappa shape index (κ2) is 10.4. The van der Waals surface area contributed by atoms with Crippen molar-refractivity contribution in [2.24, 2.45) is 5.41 Å². The zero-order valence-corrected chi connectivity index (χ0v) is 14.9. The molecule has 2 N–H and O–H groups in total. The maximum absolute atomic E-state index is 10.8. The molecule has 0 bridgehead atoms. The molecule has 1 aliphatic rings. The first-order valence-corrected chi connectivity index (χ1v) is 8.64. The van der Waals surface area contributed by atoms with Crippen molar-refractivity contribution in [1.29, 1.82) is 0 Å². The number of allylic oxidation sites excluding steroid dienone is 2. The fourth-order valence-electron chi connectivity index (χ4n) is 2.46. The second-order valence-electron chi connectivity index (χ2n) is 6.39. The number of hydrogen-bond donors (Lipinski definition) is 2. The van der Waals surface area contributed by atoms with Gasteiger partial charge in [-0.3, -0.25) is 9.78 Å². The lowest BCUT2D eigenvalue weighted by atomic mass is 9.80. The Labute approximate surface area is 149 Å². The number of pyridine rings is 1. The van der Waals surface area contributed by atoms with Gasteiger partial charge in [0.05, 0.1) is 5.41 Å². The minimum atomic E-state index is -1.08. The molecule has 25 heavy (non-hydrogen) atoms. The third kappa shape index (κ3) is 7.33. The van der Waals surface area contributed by atoms with E-state index in [2.05, 4.69) is 24.0 Å². The van der Waals surface area contributed by atoms with Crippen LogP contribution in [-0.2, 0) is 16.0 Å². The van der Waals surface area contributed by atoms with Gasteiger partial charge in [-0.2, -0.15) is 0 Å². The Morgan fingerprint density at radius 1 is 1.20 bits per heavy atom. The van der Waals surface area contributed by atoms with Crippen LogP contribution < -0.4 is 0 Å². The number of aromatic nitrogens is 1. The predicted octanol–water partition coefficient (Wildman–Crippen LogP) is 4.25. The number of carboxylic acids is 2. The zero-order valence-electron chi connectivity index (χ0n) is 14.9. The van der Waals surface area contributed by atoms with Crippen LogP contribution >= 0.6 is 0 Å². The largest absolute Gasteiger partial charge is 0.481 e. The van der Waals surface area contributed by atoms with E-state index < -0.39 is 17.4 Å². The monoisotopic (exact) mass is 345 g/mol. The van der Waals surface area contributed by atoms with Crippen molar-refractivity contribution in [2.75, 3.05) is 0 Å². The summed E-state index contributed by atoms with van der Waals surface area (Å²) in [5.41, 5.74) is 0.281. The van der Waals surface area contributed by atoms with Crippen LogP contribution in [0.15, 0.2) is 48.2 Å². The number of hydrogen-bond acceptors (Lipinski definition) is 3. The Morgan fingerprint density at radius 3 is 2.52 bits per heavy atom. The molecule has 0 radical (unpaired) electrons. The molecule has 0 saturated heterocycles. The minimum absolute atomic E-state index is 0.0359. The molecule has 136 valence electrons. The number of carboxylic acid groups (broad SMARTS) is 2. The van der Waals surface area contributed by atoms with Gasteiger partial charge in [0.25, 0.3) is 0 Å². The first-order valence-electron chi connectivity index (χ1n) is 8.64. The Hall–Kier alpha value is -2.43. The SMILES string of the molecule is CC1(C(=O)O)C=CC=C(C(=O)O)C1.CCCCCCc1ccccn1. The van der Waals surface area contributed by atoms with Crippen LogP contribution in [-0.4, -0.2) is 27.1 Å². The average molecular weight is 345 g/mol. The van der Waals surface area contributed by atoms with Gasteiger partial charge in [-0.25, -0.2) is 4.79 Å². The van der Waals surface area contributed by atoms with Gasteiger partial charge in [0.15, 0.2) is 0 Å². The maximum Gasteiger partial charge on any atom is 0.331 e. The molecule has 1 unspecified atom stereocenters. The lowest BCUT2D eigenvalue weighted by molar-refractivity contribution is -0.145. The van der Waals surface area contributed by atoms with Crippen molar-refractivity contribution in [3.8, 4) is 0 Å². The summed E-state index contributed by atoms with van der Waals surface area (Å²) in [5, 5.41) is 17.5. The van der Waals surface area contributed by atoms with Gasteiger partial charge in [-0.05, 0) is 38.3 Å². The highest BCUT2D eigenvalue weighted by Crippen LogP contribution is 2.31. The molecule has 1 aromatic rings. The lowest BCUT2D eigenvalue weighted by Crippen LogP contribution is -2.28. The molecule has 1 heterocycles. The minimum Gasteiger partial charge on any atom is -0.481 e. The van der Waals surface area contributed by atoms with Crippen molar-refractivity contribution in [3.63, 3.8) is 0 Å². The average Bonchev–Trinajstić information content (AvgIpc) is 2.60. The Morgan fingerprint density at radius 2 is 1.96 bits per heavy atom. The van der Waals surface area contributed by atoms with Gasteiger partial charge in [-0.15, -0.1) is 0 Å². The number of unbranched alkanes of at least 4 members (excludes halogenated alkanes) is 3. The second-order valence-corrected chi connectivity index (χ2v) is 6.39. The molecule has 0 amide bonds. The summed E-state index contributed by atoms with van der Waals surface area (Å²) in [5.74, 6) is -2.06. The van der Waals surface area contributed by atoms with E-state index >= 15 is 0 Å². The molecule has 0 saturated carbocycles. The van der Waals surface area contributed by atoms with Crippen LogP contribution in [0.25, 0.3) is 0 Å². The molecule has 1 atom stereocenters. The van der Waals surface area contributed by atoms with E-state index in [1.165, 1.54) is 56.5 Å². The topological polar surface area (TPSA) is 87.5 Å². The predicted molar refractivity (Wildman–Crippen MR) is 97.3 cm³/mol. The van der Waals surface area contributed by atoms with E-state index in [4.69, 9.17) is 10.2 Å². The Kier molecular flexibility index (Phi) is 8.61. The van der Waals surface area contributed by atoms with Crippen LogP contribution in [0.5, 0.6) is 0 Å². The summed E-state index contributed by atoms with van der Waals surface area (Å²) in [6.07, 6.45) is 12.7. The number of aliphatic carboxylic acids is 2. The Bertz CT molecular complexity index is 622. The molecule has 2 rings (SSSR count). The maximum atomic E-state index is 10.8. The van der Waals surface area contributed by atoms with Crippen LogP contribution in [0.3, 0.4) is 0 Å². The van der Waals surface area contributed by atoms with Gasteiger partial charge in [0.2, 0.25) is 0 Å². The van der Waals surface area contributed by atoms with Crippen molar-refractivity contribution in [1.82, 2.24) is 4.98 Å². The van der Waals surface area contributed by atoms with Crippen LogP contribution in [0.1, 0.15) is 51.6 Å². The summed E-state index contributed by atoms with van der Waals surface area (Å²) in [6.45, 7) is 3.74. The standard InChI is InChI=1S/C11H17N.C9H10O4/c1-2-3-4-5-8-11-9-6-7-10-12-11;1-9(8(12)13)4-2-3-6(5-9)7(10)11/h6-7,9-10H,2-5,8H2,1H3;2-4H,5H2,1H3,(H,10,11)(H,12,13). The highest BCUT2D eigenvalue weighted by atomic mass is 16.4. The first-order chi connectivity index (χ1) is 11.9. The zero-order chi connectivity index (χ0) is 18.7. The summed E-state index contributed by atoms with van der Waals surface area (Å²) in [6, 6.07) is 6.13. The highest BCUT2D eigenvalue weighted by molar-refractivity contribution is 5.90. The van der Waals surface area contributed by atoms with Crippen molar-refractivity contribution < 1.29 is 19.8 Å². The van der Waals surface area contributed by atoms with E-state index in [0.717, 1.165) is 6.42 Å². The normalized spacial score (nSPS) is 18.7. The van der Waals surface area contributed by atoms with Crippen LogP contribution in [0.2, 0.25) is 0 Å². The number of rotatable bonds is 7. The third-order valence-electron chi connectivity index (χ3n) is 4.10. The van der Waals surface area contributed by atoms with Gasteiger partial charge in [-0.1, -0.05) is 50.5 Å². The van der Waals surface area contributed by atoms with Gasteiger partial charge < -0.3 is 10.2 Å². The Balaban J connectivity index is 0.000000251. The highest BCUT2D eigenvalue weighted by Gasteiger charge is 2.34. The van der Waals surface area contributed by atoms with E-state index in [9.17, 15) is 9.59 Å². The fourth-order valence-corrected chi connectivity index (χ4v) is 2.46. The van der Waals surface area contributed by atoms with E-state index in [-0.39, 0.29) is 12.0 Å². The molecule has 0 aliphatic heterocycles. The van der Waals surface area contributed by atoms with Gasteiger partial charge in [0, 0.05) is 17.5 Å². The van der Waals surface area contributed by atoms with Crippen molar-refractivity contribution >= 4 is 11.9 Å². The number of carbonyl (C=O) groups is 2. The molecule has 0 fully saturated rings. The molecule has 1 aromatic heterocycles. The molecule has 0 spiro atoms. The van der Waals surface area contributed by atoms with Gasteiger partial charge >= 0.3 is 11.9 Å². The molecule has 5 heteroatoms. The first kappa shape index (κ1) is 20.6. The van der Waals surface area contributed by atoms with E-state index in [0.29, 0.717) is 0 Å². The number of nitrogens with zero attached hydrogens (tertiary/aromatic N) is 1. The van der Waals surface area contributed by atoms with Crippen molar-refractivity contribution in [3.05, 3.63) is 53.9 Å². The lowest BCUT2D eigenvalue weighted by Gasteiger charge is -2.23. The molecular formula is C20H27NO4. The summed E-state index contributed by atoms with van der Waals surface area (Å²) < 4.78 is 0. The van der Waals surface area contributed by atoms with Gasteiger partial charge in [0.1, 0.15) is 0 Å². The third-order valence-corrected chi connectivity index (χ3v) is 4.10. The molecular weight excluding hydrogens is 318 g/mol. The summed E-state index contributed by atoms with van der Waals surface area (Å²) >= 11 is 0. The van der Waals surface area contributed by atoms with E-state index in [1.54, 1.807) is 0 Å². The number of aryl methyl sites for hydroxylation is 1. The van der Waals surface area contributed by atoms with Crippen LogP contribution in [0.4, 0.5) is 0 Å². The van der Waals surface area contributed by atoms with E-state index in [1.807, 2.05) is 12.3 Å².